The smallest absolute Gasteiger partial charge is 0.361 e. The molecule has 1 aromatic rings. The van der Waals surface area contributed by atoms with Crippen molar-refractivity contribution in [2.75, 3.05) is 25.0 Å². The summed E-state index contributed by atoms with van der Waals surface area (Å²) in [6.07, 6.45) is -2.52. The molecule has 0 atom stereocenters. The van der Waals surface area contributed by atoms with Crippen LogP contribution < -0.4 is 5.32 Å². The number of hydrogen-bond donors (Lipinski definition) is 1. The van der Waals surface area contributed by atoms with Gasteiger partial charge in [-0.15, -0.1) is 0 Å². The summed E-state index contributed by atoms with van der Waals surface area (Å²) in [6, 6.07) is 3.57. The number of halogens is 3. The van der Waals surface area contributed by atoms with Crippen LogP contribution in [0.25, 0.3) is 0 Å². The van der Waals surface area contributed by atoms with Crippen molar-refractivity contribution in [2.45, 2.75) is 19.0 Å². The second-order valence-corrected chi connectivity index (χ2v) is 4.35. The lowest BCUT2D eigenvalue weighted by Crippen LogP contribution is -2.33. The van der Waals surface area contributed by atoms with Gasteiger partial charge < -0.3 is 10.2 Å². The summed E-state index contributed by atoms with van der Waals surface area (Å²) >= 11 is 0. The molecule has 1 fully saturated rings. The zero-order valence-electron chi connectivity index (χ0n) is 10.2. The lowest BCUT2D eigenvalue weighted by atomic mass is 10.3. The van der Waals surface area contributed by atoms with Crippen molar-refractivity contribution < 1.29 is 18.0 Å². The number of nitrogens with zero attached hydrogens (tertiary/aromatic N) is 2. The molecule has 0 saturated carbocycles. The molecule has 0 aromatic carbocycles. The fourth-order valence-corrected chi connectivity index (χ4v) is 1.94. The first-order valence-electron chi connectivity index (χ1n) is 6.03. The first kappa shape index (κ1) is 13.6. The zero-order chi connectivity index (χ0) is 13.9. The number of hydrogen-bond acceptors (Lipinski definition) is 3. The van der Waals surface area contributed by atoms with E-state index in [-0.39, 0.29) is 18.3 Å². The molecule has 0 unspecified atom stereocenters. The van der Waals surface area contributed by atoms with Crippen molar-refractivity contribution in [1.29, 1.82) is 0 Å². The predicted molar refractivity (Wildman–Crippen MR) is 63.5 cm³/mol. The monoisotopic (exact) mass is 273 g/mol. The van der Waals surface area contributed by atoms with E-state index < -0.39 is 11.9 Å². The fourth-order valence-electron chi connectivity index (χ4n) is 1.94. The fraction of sp³-hybridized carbons (Fsp3) is 0.500. The predicted octanol–water partition coefficient (Wildman–Crippen LogP) is 2.13. The van der Waals surface area contributed by atoms with Crippen molar-refractivity contribution >= 4 is 11.7 Å². The molecule has 19 heavy (non-hydrogen) atoms. The number of aromatic nitrogens is 1. The highest BCUT2D eigenvalue weighted by atomic mass is 19.4. The molecule has 2 heterocycles. The minimum Gasteiger partial charge on any atom is -0.361 e. The van der Waals surface area contributed by atoms with E-state index in [0.717, 1.165) is 32.0 Å². The summed E-state index contributed by atoms with van der Waals surface area (Å²) in [5, 5.41) is 2.63. The van der Waals surface area contributed by atoms with Gasteiger partial charge >= 0.3 is 6.18 Å². The molecule has 0 radical (unpaired) electrons. The topological polar surface area (TPSA) is 45.2 Å². The van der Waals surface area contributed by atoms with Crippen LogP contribution in [0.1, 0.15) is 18.5 Å². The largest absolute Gasteiger partial charge is 0.433 e. The third-order valence-corrected chi connectivity index (χ3v) is 2.92. The van der Waals surface area contributed by atoms with Crippen molar-refractivity contribution in [1.82, 2.24) is 9.88 Å². The standard InChI is InChI=1S/C12H14F3N3O/c13-12(14,15)9-4-3-5-10(17-9)16-8-11(19)18-6-1-2-7-18/h3-5H,1-2,6-8H2,(H,16,17). The van der Waals surface area contributed by atoms with Crippen LogP contribution in [0.5, 0.6) is 0 Å². The number of carbonyl (C=O) groups is 1. The van der Waals surface area contributed by atoms with Crippen LogP contribution in [-0.2, 0) is 11.0 Å². The molecule has 1 aliphatic heterocycles. The average Bonchev–Trinajstić information content (AvgIpc) is 2.89. The quantitative estimate of drug-likeness (QED) is 0.917. The molecule has 4 nitrogen and oxygen atoms in total. The Kier molecular flexibility index (Phi) is 3.92. The molecule has 2 rings (SSSR count). The molecule has 0 bridgehead atoms. The molecule has 1 amide bonds. The number of pyridine rings is 1. The van der Waals surface area contributed by atoms with E-state index in [9.17, 15) is 18.0 Å². The molecule has 1 aromatic heterocycles. The minimum atomic E-state index is -4.48. The molecule has 1 aliphatic rings. The molecular weight excluding hydrogens is 259 g/mol. The number of rotatable bonds is 3. The van der Waals surface area contributed by atoms with Gasteiger partial charge in [0.15, 0.2) is 0 Å². The van der Waals surface area contributed by atoms with Crippen LogP contribution in [0, 0.1) is 0 Å². The minimum absolute atomic E-state index is 0.0334. The van der Waals surface area contributed by atoms with Crippen LogP contribution in [0.3, 0.4) is 0 Å². The summed E-state index contributed by atoms with van der Waals surface area (Å²) in [6.45, 7) is 1.40. The van der Waals surface area contributed by atoms with E-state index in [4.69, 9.17) is 0 Å². The molecule has 1 saturated heterocycles. The number of anilines is 1. The second-order valence-electron chi connectivity index (χ2n) is 4.35. The zero-order valence-corrected chi connectivity index (χ0v) is 10.2. The Balaban J connectivity index is 1.94. The van der Waals surface area contributed by atoms with Gasteiger partial charge in [-0.3, -0.25) is 4.79 Å². The Morgan fingerprint density at radius 1 is 1.32 bits per heavy atom. The van der Waals surface area contributed by atoms with Gasteiger partial charge in [0.2, 0.25) is 5.91 Å². The van der Waals surface area contributed by atoms with Crippen molar-refractivity contribution in [3.05, 3.63) is 23.9 Å². The highest BCUT2D eigenvalue weighted by molar-refractivity contribution is 5.80. The number of amides is 1. The van der Waals surface area contributed by atoms with Crippen molar-refractivity contribution in [3.63, 3.8) is 0 Å². The van der Waals surface area contributed by atoms with Gasteiger partial charge in [-0.25, -0.2) is 4.98 Å². The average molecular weight is 273 g/mol. The van der Waals surface area contributed by atoms with Gasteiger partial charge in [-0.1, -0.05) is 6.07 Å². The number of alkyl halides is 3. The van der Waals surface area contributed by atoms with Gasteiger partial charge in [0.1, 0.15) is 11.5 Å². The Labute approximate surface area is 108 Å². The summed E-state index contributed by atoms with van der Waals surface area (Å²) < 4.78 is 37.3. The highest BCUT2D eigenvalue weighted by Crippen LogP contribution is 2.28. The molecule has 0 spiro atoms. The molecule has 1 N–H and O–H groups in total. The normalized spacial score (nSPS) is 15.6. The Bertz CT molecular complexity index is 456. The number of nitrogens with one attached hydrogen (secondary N) is 1. The summed E-state index contributed by atoms with van der Waals surface area (Å²) in [7, 11) is 0. The Morgan fingerprint density at radius 3 is 2.63 bits per heavy atom. The number of likely N-dealkylation sites (tertiary alicyclic amines) is 1. The lowest BCUT2D eigenvalue weighted by Gasteiger charge is -2.16. The van der Waals surface area contributed by atoms with E-state index in [1.165, 1.54) is 12.1 Å². The second kappa shape index (κ2) is 5.46. The van der Waals surface area contributed by atoms with Crippen LogP contribution in [0.2, 0.25) is 0 Å². The van der Waals surface area contributed by atoms with E-state index in [1.807, 2.05) is 0 Å². The van der Waals surface area contributed by atoms with Gasteiger partial charge in [0.05, 0.1) is 6.54 Å². The molecular formula is C12H14F3N3O. The maximum absolute atomic E-state index is 12.4. The number of carbonyl (C=O) groups excluding carboxylic acids is 1. The Morgan fingerprint density at radius 2 is 2.00 bits per heavy atom. The molecule has 104 valence electrons. The van der Waals surface area contributed by atoms with Gasteiger partial charge in [-0.2, -0.15) is 13.2 Å². The maximum atomic E-state index is 12.4. The van der Waals surface area contributed by atoms with Gasteiger partial charge in [0, 0.05) is 13.1 Å². The molecule has 0 aliphatic carbocycles. The van der Waals surface area contributed by atoms with Crippen LogP contribution in [0.15, 0.2) is 18.2 Å². The summed E-state index contributed by atoms with van der Waals surface area (Å²) in [5.41, 5.74) is -0.967. The van der Waals surface area contributed by atoms with Crippen LogP contribution >= 0.6 is 0 Å². The van der Waals surface area contributed by atoms with E-state index in [1.54, 1.807) is 4.90 Å². The van der Waals surface area contributed by atoms with E-state index in [0.29, 0.717) is 0 Å². The van der Waals surface area contributed by atoms with Gasteiger partial charge in [0.25, 0.3) is 0 Å². The molecule has 7 heteroatoms. The SMILES string of the molecule is O=C(CNc1cccc(C(F)(F)F)n1)N1CCCC1. The summed E-state index contributed by atoms with van der Waals surface area (Å²) in [5.74, 6) is -0.0564. The van der Waals surface area contributed by atoms with Crippen LogP contribution in [-0.4, -0.2) is 35.4 Å². The van der Waals surface area contributed by atoms with Crippen molar-refractivity contribution in [3.8, 4) is 0 Å². The highest BCUT2D eigenvalue weighted by Gasteiger charge is 2.32. The third-order valence-electron chi connectivity index (χ3n) is 2.92. The van der Waals surface area contributed by atoms with Crippen LogP contribution in [0.4, 0.5) is 19.0 Å². The summed E-state index contributed by atoms with van der Waals surface area (Å²) in [4.78, 5) is 16.8. The Hall–Kier alpha value is -1.79. The maximum Gasteiger partial charge on any atom is 0.433 e. The first-order valence-corrected chi connectivity index (χ1v) is 6.03. The van der Waals surface area contributed by atoms with Crippen molar-refractivity contribution in [2.24, 2.45) is 0 Å². The third kappa shape index (κ3) is 3.59. The van der Waals surface area contributed by atoms with E-state index >= 15 is 0 Å². The van der Waals surface area contributed by atoms with Gasteiger partial charge in [-0.05, 0) is 25.0 Å². The van der Waals surface area contributed by atoms with E-state index in [2.05, 4.69) is 10.3 Å². The first-order chi connectivity index (χ1) is 8.97. The lowest BCUT2D eigenvalue weighted by molar-refractivity contribution is -0.141.